The Kier molecular flexibility index (Phi) is 29.4. The fourth-order valence-electron chi connectivity index (χ4n) is 1.40. The van der Waals surface area contributed by atoms with Crippen LogP contribution in [0.5, 0.6) is 0 Å². The number of hydrogen-bond acceptors (Lipinski definition) is 11. The number of carbonyl (C=O) groups excluding carboxylic acids is 3. The van der Waals surface area contributed by atoms with E-state index in [2.05, 4.69) is 0 Å². The molecule has 0 rings (SSSR count). The third-order valence-corrected chi connectivity index (χ3v) is 2.54. The summed E-state index contributed by atoms with van der Waals surface area (Å²) < 4.78 is 0. The second kappa shape index (κ2) is 19.5. The molecule has 180 valence electrons. The minimum absolute atomic E-state index is 0. The molecule has 18 nitrogen and oxygen atoms in total. The third kappa shape index (κ3) is 20.6. The molecule has 0 aliphatic carbocycles. The SMILES string of the molecule is O.O.O=C(O)CC(O)(CC(=O)O)C(=O)O.O=C([O-])CC(O)(CC(=O)[O-])C(=O)[O-].[NH4+].[NH4+].[Na+]. The van der Waals surface area contributed by atoms with E-state index >= 15 is 0 Å². The van der Waals surface area contributed by atoms with E-state index in [4.69, 9.17) is 25.5 Å². The number of carbonyl (C=O) groups is 6. The average Bonchev–Trinajstić information content (AvgIpc) is 2.34. The van der Waals surface area contributed by atoms with Crippen LogP contribution in [0.25, 0.3) is 0 Å². The fourth-order valence-corrected chi connectivity index (χ4v) is 1.40. The quantitative estimate of drug-likeness (QED) is 0.144. The van der Waals surface area contributed by atoms with Gasteiger partial charge in [-0.05, 0) is 0 Å². The van der Waals surface area contributed by atoms with Crippen LogP contribution in [0, 0.1) is 0 Å². The maximum Gasteiger partial charge on any atom is 1.00 e. The first-order chi connectivity index (χ1) is 11.6. The predicted octanol–water partition coefficient (Wildman–Crippen LogP) is -10.4. The normalized spacial score (nSPS) is 9.10. The van der Waals surface area contributed by atoms with Crippen molar-refractivity contribution in [2.24, 2.45) is 0 Å². The zero-order valence-corrected chi connectivity index (χ0v) is 18.7. The van der Waals surface area contributed by atoms with Gasteiger partial charge in [-0.3, -0.25) is 9.59 Å². The van der Waals surface area contributed by atoms with Crippen molar-refractivity contribution in [3.05, 3.63) is 0 Å². The van der Waals surface area contributed by atoms with Gasteiger partial charge >= 0.3 is 47.5 Å². The maximum absolute atomic E-state index is 10.3. The van der Waals surface area contributed by atoms with Gasteiger partial charge in [-0.2, -0.15) is 0 Å². The maximum atomic E-state index is 10.3. The minimum atomic E-state index is -2.97. The molecule has 0 heterocycles. The molecular formula is C12H25N2NaO16. The van der Waals surface area contributed by atoms with Crippen molar-refractivity contribution in [3.63, 3.8) is 0 Å². The summed E-state index contributed by atoms with van der Waals surface area (Å²) in [4.78, 5) is 60.5. The van der Waals surface area contributed by atoms with Crippen LogP contribution in [-0.4, -0.2) is 83.5 Å². The molecule has 0 fully saturated rings. The Hall–Kier alpha value is -2.42. The molecular weight excluding hydrogens is 451 g/mol. The van der Waals surface area contributed by atoms with Crippen molar-refractivity contribution >= 4 is 35.8 Å². The number of quaternary nitrogens is 2. The molecule has 0 aromatic rings. The van der Waals surface area contributed by atoms with Crippen molar-refractivity contribution in [3.8, 4) is 0 Å². The van der Waals surface area contributed by atoms with Crippen LogP contribution in [0.1, 0.15) is 25.7 Å². The molecule has 0 atom stereocenters. The van der Waals surface area contributed by atoms with Crippen LogP contribution < -0.4 is 57.2 Å². The molecule has 0 unspecified atom stereocenters. The van der Waals surface area contributed by atoms with Crippen molar-refractivity contribution in [2.45, 2.75) is 36.9 Å². The molecule has 0 radical (unpaired) electrons. The van der Waals surface area contributed by atoms with Gasteiger partial charge in [0.05, 0.1) is 18.8 Å². The summed E-state index contributed by atoms with van der Waals surface area (Å²) in [6, 6.07) is 0. The number of rotatable bonds is 10. The van der Waals surface area contributed by atoms with E-state index in [1.165, 1.54) is 0 Å². The molecule has 17 N–H and O–H groups in total. The number of carboxylic acid groups (broad SMARTS) is 6. The Bertz CT molecular complexity index is 525. The van der Waals surface area contributed by atoms with E-state index in [9.17, 15) is 44.1 Å². The van der Waals surface area contributed by atoms with E-state index in [0.29, 0.717) is 0 Å². The molecule has 0 amide bonds. The Balaban J connectivity index is -0.0000000640. The number of aliphatic hydroxyl groups is 2. The van der Waals surface area contributed by atoms with Crippen LogP contribution in [0.15, 0.2) is 0 Å². The van der Waals surface area contributed by atoms with Gasteiger partial charge in [-0.1, -0.05) is 0 Å². The molecule has 0 aromatic carbocycles. The minimum Gasteiger partial charge on any atom is -0.550 e. The molecule has 0 aliphatic heterocycles. The van der Waals surface area contributed by atoms with Gasteiger partial charge in [0.2, 0.25) is 0 Å². The van der Waals surface area contributed by atoms with Crippen molar-refractivity contribution in [1.82, 2.24) is 12.3 Å². The van der Waals surface area contributed by atoms with E-state index in [1.807, 2.05) is 0 Å². The second-order valence-electron chi connectivity index (χ2n) is 4.89. The number of carboxylic acids is 6. The standard InChI is InChI=1S/2C6H8O7.2H3N.Na.2H2O/c2*7-3(8)1-6(13,5(11)12)2-4(9)10;;;;;/h2*13H,1-2H2,(H,7,8)(H,9,10)(H,11,12);2*1H3;;2*1H2/q;;;;+1;;/p-1. The molecule has 0 bridgehead atoms. The van der Waals surface area contributed by atoms with Crippen molar-refractivity contribution < 1.29 is 110 Å². The van der Waals surface area contributed by atoms with Gasteiger partial charge in [0.15, 0.2) is 5.60 Å². The third-order valence-electron chi connectivity index (χ3n) is 2.54. The fraction of sp³-hybridized carbons (Fsp3) is 0.500. The van der Waals surface area contributed by atoms with Crippen LogP contribution >= 0.6 is 0 Å². The largest absolute Gasteiger partial charge is 1.00 e. The Labute approximate surface area is 195 Å². The Morgan fingerprint density at radius 1 is 0.613 bits per heavy atom. The van der Waals surface area contributed by atoms with Gasteiger partial charge in [-0.25, -0.2) is 4.79 Å². The van der Waals surface area contributed by atoms with Crippen LogP contribution in [0.2, 0.25) is 0 Å². The van der Waals surface area contributed by atoms with E-state index in [-0.39, 0.29) is 52.8 Å². The smallest absolute Gasteiger partial charge is 0.550 e. The van der Waals surface area contributed by atoms with Crippen LogP contribution in [0.3, 0.4) is 0 Å². The summed E-state index contributed by atoms with van der Waals surface area (Å²) >= 11 is 0. The predicted molar refractivity (Wildman–Crippen MR) is 85.5 cm³/mol. The molecule has 19 heteroatoms. The van der Waals surface area contributed by atoms with Crippen LogP contribution in [0.4, 0.5) is 0 Å². The van der Waals surface area contributed by atoms with E-state index < -0.39 is 72.7 Å². The number of aliphatic carboxylic acids is 6. The van der Waals surface area contributed by atoms with Gasteiger partial charge < -0.3 is 78.5 Å². The second-order valence-corrected chi connectivity index (χ2v) is 4.89. The average molecular weight is 476 g/mol. The molecule has 0 saturated heterocycles. The zero-order valence-electron chi connectivity index (χ0n) is 16.7. The topological polar surface area (TPSA) is 409 Å². The Morgan fingerprint density at radius 2 is 0.871 bits per heavy atom. The van der Waals surface area contributed by atoms with Gasteiger partial charge in [0.25, 0.3) is 0 Å². The van der Waals surface area contributed by atoms with Crippen molar-refractivity contribution in [2.75, 3.05) is 0 Å². The van der Waals surface area contributed by atoms with Crippen molar-refractivity contribution in [1.29, 1.82) is 0 Å². The summed E-state index contributed by atoms with van der Waals surface area (Å²) in [7, 11) is 0. The van der Waals surface area contributed by atoms with Crippen LogP contribution in [-0.2, 0) is 28.8 Å². The summed E-state index contributed by atoms with van der Waals surface area (Å²) in [5.41, 5.74) is -5.71. The molecule has 0 aliphatic rings. The monoisotopic (exact) mass is 476 g/mol. The van der Waals surface area contributed by atoms with Gasteiger partial charge in [0, 0.05) is 24.8 Å². The summed E-state index contributed by atoms with van der Waals surface area (Å²) in [5.74, 6) is -11.0. The molecule has 0 spiro atoms. The summed E-state index contributed by atoms with van der Waals surface area (Å²) in [6.07, 6.45) is -5.00. The van der Waals surface area contributed by atoms with E-state index in [1.54, 1.807) is 0 Å². The molecule has 0 saturated carbocycles. The zero-order chi connectivity index (χ0) is 21.3. The first kappa shape index (κ1) is 46.7. The van der Waals surface area contributed by atoms with Gasteiger partial charge in [-0.15, -0.1) is 0 Å². The summed E-state index contributed by atoms with van der Waals surface area (Å²) in [6.45, 7) is 0. The van der Waals surface area contributed by atoms with Gasteiger partial charge in [0.1, 0.15) is 5.60 Å². The summed E-state index contributed by atoms with van der Waals surface area (Å²) in [5, 5.41) is 72.7. The number of hydrogen-bond donors (Lipinski definition) is 7. The molecule has 0 aromatic heterocycles. The Morgan fingerprint density at radius 3 is 1.00 bits per heavy atom. The first-order valence-electron chi connectivity index (χ1n) is 6.28. The van der Waals surface area contributed by atoms with E-state index in [0.717, 1.165) is 0 Å². The first-order valence-corrected chi connectivity index (χ1v) is 6.28. The molecule has 31 heavy (non-hydrogen) atoms.